The van der Waals surface area contributed by atoms with Gasteiger partial charge in [-0.15, -0.1) is 11.3 Å². The summed E-state index contributed by atoms with van der Waals surface area (Å²) >= 11 is 1.45. The van der Waals surface area contributed by atoms with Crippen molar-refractivity contribution in [2.45, 2.75) is 32.0 Å². The lowest BCUT2D eigenvalue weighted by Gasteiger charge is -2.24. The molecule has 8 heteroatoms. The number of likely N-dealkylation sites (tertiary alicyclic amines) is 1. The molecule has 140 valence electrons. The molecule has 3 aromatic rings. The molecule has 4 heterocycles. The number of carbonyl (C=O) groups excluding carboxylic acids is 2. The summed E-state index contributed by atoms with van der Waals surface area (Å²) in [4.78, 5) is 32.6. The zero-order chi connectivity index (χ0) is 18.6. The minimum absolute atomic E-state index is 0.0395. The number of furan rings is 1. The second kappa shape index (κ2) is 7.79. The molecule has 2 amide bonds. The summed E-state index contributed by atoms with van der Waals surface area (Å²) in [6, 6.07) is 7.44. The largest absolute Gasteiger partial charge is 0.467 e. The monoisotopic (exact) mass is 384 g/mol. The number of hydrogen-bond acceptors (Lipinski definition) is 5. The van der Waals surface area contributed by atoms with Gasteiger partial charge >= 0.3 is 0 Å². The van der Waals surface area contributed by atoms with E-state index in [0.29, 0.717) is 23.7 Å². The van der Waals surface area contributed by atoms with Crippen molar-refractivity contribution >= 4 is 23.2 Å². The summed E-state index contributed by atoms with van der Waals surface area (Å²) in [6.45, 7) is 1.40. The Bertz CT molecular complexity index is 901. The Morgan fingerprint density at radius 2 is 2.26 bits per heavy atom. The molecule has 3 aromatic heterocycles. The van der Waals surface area contributed by atoms with E-state index >= 15 is 0 Å². The summed E-state index contributed by atoms with van der Waals surface area (Å²) in [5, 5.41) is 2.86. The van der Waals surface area contributed by atoms with Gasteiger partial charge in [0.1, 0.15) is 12.3 Å². The van der Waals surface area contributed by atoms with Crippen molar-refractivity contribution < 1.29 is 14.0 Å². The number of nitrogens with one attached hydrogen (secondary N) is 1. The molecular weight excluding hydrogens is 364 g/mol. The average molecular weight is 384 g/mol. The van der Waals surface area contributed by atoms with Crippen molar-refractivity contribution in [2.24, 2.45) is 0 Å². The van der Waals surface area contributed by atoms with Crippen LogP contribution in [0.15, 0.2) is 53.7 Å². The van der Waals surface area contributed by atoms with E-state index < -0.39 is 0 Å². The highest BCUT2D eigenvalue weighted by molar-refractivity contribution is 7.14. The first-order valence-electron chi connectivity index (χ1n) is 8.86. The zero-order valence-electron chi connectivity index (χ0n) is 14.7. The standard InChI is InChI=1S/C19H20N4O3S/c24-18(12-22-9-7-20-13-22)23-8-1-4-15(23)16-5-6-17(27-16)19(25)21-11-14-3-2-10-26-14/h2-3,5-7,9-10,13,15H,1,4,8,11-12H2,(H,21,25). The maximum absolute atomic E-state index is 12.7. The van der Waals surface area contributed by atoms with Gasteiger partial charge in [-0.2, -0.15) is 0 Å². The van der Waals surface area contributed by atoms with Gasteiger partial charge in [-0.1, -0.05) is 0 Å². The van der Waals surface area contributed by atoms with Gasteiger partial charge in [-0.25, -0.2) is 4.98 Å². The molecule has 1 fully saturated rings. The van der Waals surface area contributed by atoms with Crippen molar-refractivity contribution in [3.8, 4) is 0 Å². The first-order valence-corrected chi connectivity index (χ1v) is 9.68. The smallest absolute Gasteiger partial charge is 0.261 e. The van der Waals surface area contributed by atoms with Crippen molar-refractivity contribution in [1.29, 1.82) is 0 Å². The first-order chi connectivity index (χ1) is 13.2. The molecule has 27 heavy (non-hydrogen) atoms. The van der Waals surface area contributed by atoms with Gasteiger partial charge < -0.3 is 19.2 Å². The van der Waals surface area contributed by atoms with Crippen molar-refractivity contribution in [3.63, 3.8) is 0 Å². The number of carbonyl (C=O) groups is 2. The molecule has 1 aliphatic heterocycles. The van der Waals surface area contributed by atoms with Crippen LogP contribution in [0.5, 0.6) is 0 Å². The minimum atomic E-state index is -0.128. The summed E-state index contributed by atoms with van der Waals surface area (Å²) in [6.07, 6.45) is 8.58. The quantitative estimate of drug-likeness (QED) is 0.709. The van der Waals surface area contributed by atoms with Gasteiger partial charge in [-0.05, 0) is 37.1 Å². The summed E-state index contributed by atoms with van der Waals surface area (Å²) in [5.74, 6) is 0.664. The van der Waals surface area contributed by atoms with Gasteiger partial charge in [0.25, 0.3) is 5.91 Å². The molecule has 0 saturated carbocycles. The predicted octanol–water partition coefficient (Wildman–Crippen LogP) is 2.83. The molecule has 0 bridgehead atoms. The maximum Gasteiger partial charge on any atom is 0.261 e. The second-order valence-corrected chi connectivity index (χ2v) is 7.56. The van der Waals surface area contributed by atoms with E-state index in [0.717, 1.165) is 24.3 Å². The van der Waals surface area contributed by atoms with E-state index in [9.17, 15) is 9.59 Å². The van der Waals surface area contributed by atoms with Crippen LogP contribution in [0.1, 0.15) is 39.2 Å². The summed E-state index contributed by atoms with van der Waals surface area (Å²) in [7, 11) is 0. The highest BCUT2D eigenvalue weighted by Crippen LogP contribution is 2.36. The van der Waals surface area contributed by atoms with Gasteiger partial charge in [0, 0.05) is 23.8 Å². The molecule has 0 aromatic carbocycles. The molecular formula is C19H20N4O3S. The van der Waals surface area contributed by atoms with Gasteiger partial charge in [0.15, 0.2) is 0 Å². The predicted molar refractivity (Wildman–Crippen MR) is 100 cm³/mol. The van der Waals surface area contributed by atoms with Crippen LogP contribution in [-0.4, -0.2) is 32.8 Å². The summed E-state index contributed by atoms with van der Waals surface area (Å²) in [5.41, 5.74) is 0. The Labute approximate surface area is 160 Å². The van der Waals surface area contributed by atoms with Crippen molar-refractivity contribution in [2.75, 3.05) is 6.54 Å². The van der Waals surface area contributed by atoms with E-state index in [1.165, 1.54) is 11.3 Å². The van der Waals surface area contributed by atoms with E-state index in [4.69, 9.17) is 4.42 Å². The highest BCUT2D eigenvalue weighted by atomic mass is 32.1. The first kappa shape index (κ1) is 17.5. The molecule has 0 spiro atoms. The Kier molecular flexibility index (Phi) is 5.06. The minimum Gasteiger partial charge on any atom is -0.467 e. The van der Waals surface area contributed by atoms with Crippen molar-refractivity contribution in [1.82, 2.24) is 19.8 Å². The van der Waals surface area contributed by atoms with Gasteiger partial charge in [0.2, 0.25) is 5.91 Å². The fraction of sp³-hybridized carbons (Fsp3) is 0.316. The average Bonchev–Trinajstić information content (AvgIpc) is 3.47. The lowest BCUT2D eigenvalue weighted by Crippen LogP contribution is -2.32. The van der Waals surface area contributed by atoms with Crippen LogP contribution in [0.3, 0.4) is 0 Å². The lowest BCUT2D eigenvalue weighted by molar-refractivity contribution is -0.132. The third kappa shape index (κ3) is 3.95. The second-order valence-electron chi connectivity index (χ2n) is 6.44. The van der Waals surface area contributed by atoms with E-state index in [1.807, 2.05) is 23.1 Å². The van der Waals surface area contributed by atoms with E-state index in [2.05, 4.69) is 10.3 Å². The molecule has 1 atom stereocenters. The lowest BCUT2D eigenvalue weighted by atomic mass is 10.2. The van der Waals surface area contributed by atoms with Crippen LogP contribution in [0.4, 0.5) is 0 Å². The van der Waals surface area contributed by atoms with Gasteiger partial charge in [0.05, 0.1) is 30.1 Å². The fourth-order valence-electron chi connectivity index (χ4n) is 3.31. The van der Waals surface area contributed by atoms with Crippen LogP contribution in [0.2, 0.25) is 0 Å². The third-order valence-corrected chi connectivity index (χ3v) is 5.82. The van der Waals surface area contributed by atoms with E-state index in [-0.39, 0.29) is 17.9 Å². The molecule has 0 radical (unpaired) electrons. The van der Waals surface area contributed by atoms with E-state index in [1.54, 1.807) is 35.6 Å². The van der Waals surface area contributed by atoms with Crippen molar-refractivity contribution in [3.05, 3.63) is 64.8 Å². The topological polar surface area (TPSA) is 80.4 Å². The van der Waals surface area contributed by atoms with Crippen LogP contribution < -0.4 is 5.32 Å². The van der Waals surface area contributed by atoms with Gasteiger partial charge in [-0.3, -0.25) is 9.59 Å². The Morgan fingerprint density at radius 1 is 1.33 bits per heavy atom. The Hall–Kier alpha value is -2.87. The number of aromatic nitrogens is 2. The fourth-order valence-corrected chi connectivity index (χ4v) is 4.38. The van der Waals surface area contributed by atoms with Crippen LogP contribution in [0, 0.1) is 0 Å². The summed E-state index contributed by atoms with van der Waals surface area (Å²) < 4.78 is 7.01. The Morgan fingerprint density at radius 3 is 3.04 bits per heavy atom. The molecule has 1 aliphatic rings. The molecule has 1 N–H and O–H groups in total. The molecule has 1 unspecified atom stereocenters. The van der Waals surface area contributed by atoms with Crippen LogP contribution in [-0.2, 0) is 17.9 Å². The normalized spacial score (nSPS) is 16.6. The zero-order valence-corrected chi connectivity index (χ0v) is 15.5. The molecule has 4 rings (SSSR count). The number of amides is 2. The molecule has 1 saturated heterocycles. The number of hydrogen-bond donors (Lipinski definition) is 1. The number of rotatable bonds is 6. The van der Waals surface area contributed by atoms with Crippen LogP contribution >= 0.6 is 11.3 Å². The number of nitrogens with zero attached hydrogens (tertiary/aromatic N) is 3. The highest BCUT2D eigenvalue weighted by Gasteiger charge is 2.31. The third-order valence-electron chi connectivity index (χ3n) is 4.63. The maximum atomic E-state index is 12.7. The SMILES string of the molecule is O=C(NCc1ccco1)c1ccc(C2CCCN2C(=O)Cn2ccnc2)s1. The van der Waals surface area contributed by atoms with Crippen LogP contribution in [0.25, 0.3) is 0 Å². The number of thiophene rings is 1. The Balaban J connectivity index is 1.40. The molecule has 0 aliphatic carbocycles. The number of imidazole rings is 1. The molecule has 7 nitrogen and oxygen atoms in total.